The van der Waals surface area contributed by atoms with E-state index in [0.717, 1.165) is 63.2 Å². The summed E-state index contributed by atoms with van der Waals surface area (Å²) in [6.45, 7) is 1.71. The molecule has 2 saturated carbocycles. The van der Waals surface area contributed by atoms with Crippen LogP contribution < -0.4 is 9.80 Å². The van der Waals surface area contributed by atoms with Crippen LogP contribution in [0.25, 0.3) is 0 Å². The maximum absolute atomic E-state index is 15.4. The van der Waals surface area contributed by atoms with Gasteiger partial charge in [0.25, 0.3) is 5.69 Å². The summed E-state index contributed by atoms with van der Waals surface area (Å²) >= 11 is 2.60. The first-order valence-corrected chi connectivity index (χ1v) is 22.9. The average molecular weight is 800 g/mol. The Morgan fingerprint density at radius 1 is 0.849 bits per heavy atom. The summed E-state index contributed by atoms with van der Waals surface area (Å²) in [5.41, 5.74) is -1.58. The summed E-state index contributed by atoms with van der Waals surface area (Å²) in [5.74, 6) is -1.98. The van der Waals surface area contributed by atoms with E-state index in [-0.39, 0.29) is 34.9 Å². The molecular formula is C36H41N5O8S4. The highest BCUT2D eigenvalue weighted by Crippen LogP contribution is 2.44. The molecule has 0 saturated heterocycles. The first-order valence-electron chi connectivity index (χ1n) is 17.3. The number of benzene rings is 2. The molecule has 2 amide bonds. The highest BCUT2D eigenvalue weighted by Gasteiger charge is 2.47. The Hall–Kier alpha value is -4.06. The molecular weight excluding hydrogens is 759 g/mol. The largest absolute Gasteiger partial charge is 0.288 e. The number of nitrogens with zero attached hydrogens (tertiary/aromatic N) is 5. The second-order valence-corrected chi connectivity index (χ2v) is 19.8. The minimum atomic E-state index is -4.02. The van der Waals surface area contributed by atoms with Gasteiger partial charge in [0.15, 0.2) is 29.9 Å². The minimum absolute atomic E-state index is 0.0550. The molecule has 2 atom stereocenters. The van der Waals surface area contributed by atoms with Crippen molar-refractivity contribution in [3.05, 3.63) is 86.9 Å². The van der Waals surface area contributed by atoms with Gasteiger partial charge in [0.2, 0.25) is 11.8 Å². The normalized spacial score (nSPS) is 17.3. The third-order valence-corrected chi connectivity index (χ3v) is 14.2. The van der Waals surface area contributed by atoms with Gasteiger partial charge in [-0.3, -0.25) is 29.5 Å². The van der Waals surface area contributed by atoms with Gasteiger partial charge in [-0.25, -0.2) is 26.8 Å². The van der Waals surface area contributed by atoms with Gasteiger partial charge in [-0.1, -0.05) is 43.9 Å². The number of sulfone groups is 2. The summed E-state index contributed by atoms with van der Waals surface area (Å²) in [4.78, 5) is 54.1. The van der Waals surface area contributed by atoms with E-state index in [4.69, 9.17) is 0 Å². The number of hydrogen-bond acceptors (Lipinski definition) is 12. The lowest BCUT2D eigenvalue weighted by atomic mass is 9.72. The predicted octanol–water partition coefficient (Wildman–Crippen LogP) is 6.70. The maximum atomic E-state index is 15.4. The topological polar surface area (TPSA) is 178 Å². The van der Waals surface area contributed by atoms with E-state index in [1.165, 1.54) is 40.9 Å². The zero-order valence-electron chi connectivity index (χ0n) is 29.6. The number of carbonyl (C=O) groups is 2. The van der Waals surface area contributed by atoms with E-state index in [0.29, 0.717) is 28.7 Å². The van der Waals surface area contributed by atoms with Crippen LogP contribution >= 0.6 is 22.7 Å². The summed E-state index contributed by atoms with van der Waals surface area (Å²) in [6, 6.07) is 9.33. The fourth-order valence-corrected chi connectivity index (χ4v) is 10.5. The van der Waals surface area contributed by atoms with Crippen molar-refractivity contribution in [2.75, 3.05) is 22.3 Å². The Balaban J connectivity index is 1.57. The standard InChI is InChI=1S/C36H41N5O8S4/c1-36(25-13-15-28(16-14-25)52(2,46)47,33(43)40(27-10-6-7-11-27)35-38-19-21-51-35)23-29(24-12-17-31(53(3,48)49)30(22-24)41(44)45)32(42)39(26-8-4-5-9-26)34-37-18-20-50-34/h12-22,26-27,29H,4-11,23H2,1-3H3. The van der Waals surface area contributed by atoms with Crippen molar-refractivity contribution in [2.24, 2.45) is 0 Å². The zero-order chi connectivity index (χ0) is 38.1. The predicted molar refractivity (Wildman–Crippen MR) is 204 cm³/mol. The lowest BCUT2D eigenvalue weighted by molar-refractivity contribution is -0.387. The molecule has 0 bridgehead atoms. The van der Waals surface area contributed by atoms with Gasteiger partial charge in [0.1, 0.15) is 4.90 Å². The molecule has 13 nitrogen and oxygen atoms in total. The summed E-state index contributed by atoms with van der Waals surface area (Å²) < 4.78 is 50.2. The van der Waals surface area contributed by atoms with Gasteiger partial charge >= 0.3 is 0 Å². The van der Waals surface area contributed by atoms with Crippen molar-refractivity contribution in [1.29, 1.82) is 0 Å². The fourth-order valence-electron chi connectivity index (χ4n) is 7.63. The molecule has 0 aliphatic heterocycles. The number of nitro groups is 1. The van der Waals surface area contributed by atoms with Crippen molar-refractivity contribution in [3.8, 4) is 0 Å². The number of thiazole rings is 2. The van der Waals surface area contributed by atoms with E-state index in [9.17, 15) is 26.9 Å². The zero-order valence-corrected chi connectivity index (χ0v) is 32.8. The fraction of sp³-hybridized carbons (Fsp3) is 0.444. The van der Waals surface area contributed by atoms with E-state index in [1.807, 2.05) is 0 Å². The summed E-state index contributed by atoms with van der Waals surface area (Å²) in [7, 11) is -7.61. The summed E-state index contributed by atoms with van der Waals surface area (Å²) in [5, 5.41) is 16.8. The molecule has 2 aliphatic rings. The number of hydrogen-bond donors (Lipinski definition) is 0. The van der Waals surface area contributed by atoms with Crippen LogP contribution in [0.4, 0.5) is 16.0 Å². The van der Waals surface area contributed by atoms with Crippen molar-refractivity contribution >= 4 is 70.1 Å². The van der Waals surface area contributed by atoms with Gasteiger partial charge in [-0.15, -0.1) is 22.7 Å². The monoisotopic (exact) mass is 799 g/mol. The highest BCUT2D eigenvalue weighted by molar-refractivity contribution is 7.91. The van der Waals surface area contributed by atoms with Crippen LogP contribution in [0.5, 0.6) is 0 Å². The van der Waals surface area contributed by atoms with Crippen LogP contribution in [-0.4, -0.2) is 68.1 Å². The smallest absolute Gasteiger partial charge is 0.284 e. The Morgan fingerprint density at radius 2 is 1.38 bits per heavy atom. The summed E-state index contributed by atoms with van der Waals surface area (Å²) in [6.07, 6.45) is 11.5. The van der Waals surface area contributed by atoms with Gasteiger partial charge in [-0.05, 0) is 68.4 Å². The lowest BCUT2D eigenvalue weighted by Gasteiger charge is -2.40. The molecule has 2 aromatic heterocycles. The minimum Gasteiger partial charge on any atom is -0.284 e. The molecule has 53 heavy (non-hydrogen) atoms. The SMILES string of the molecule is CC(CC(C(=O)N(c1nccs1)C1CCCC1)c1ccc(S(C)(=O)=O)c([N+](=O)[O-])c1)(C(=O)N(c1nccs1)C1CCCC1)c1ccc(S(C)(=O)=O)cc1. The van der Waals surface area contributed by atoms with E-state index in [2.05, 4.69) is 9.97 Å². The van der Waals surface area contributed by atoms with Crippen molar-refractivity contribution in [3.63, 3.8) is 0 Å². The molecule has 0 N–H and O–H groups in total. The van der Waals surface area contributed by atoms with E-state index < -0.39 is 52.4 Å². The highest BCUT2D eigenvalue weighted by atomic mass is 32.2. The quantitative estimate of drug-likeness (QED) is 0.104. The number of nitro benzene ring substituents is 1. The first-order chi connectivity index (χ1) is 25.1. The molecule has 0 radical (unpaired) electrons. The molecule has 2 aliphatic carbocycles. The number of aromatic nitrogens is 2. The second-order valence-electron chi connectivity index (χ2n) is 14.0. The number of rotatable bonds is 13. The van der Waals surface area contributed by atoms with Gasteiger partial charge < -0.3 is 0 Å². The molecule has 2 heterocycles. The second kappa shape index (κ2) is 15.4. The van der Waals surface area contributed by atoms with Crippen LogP contribution in [0.15, 0.2) is 75.4 Å². The molecule has 17 heteroatoms. The molecule has 4 aromatic rings. The van der Waals surface area contributed by atoms with Gasteiger partial charge in [-0.2, -0.15) is 0 Å². The number of amides is 2. The lowest BCUT2D eigenvalue weighted by Crippen LogP contribution is -2.51. The number of anilines is 2. The third-order valence-electron chi connectivity index (χ3n) is 10.4. The first kappa shape index (κ1) is 38.7. The van der Waals surface area contributed by atoms with Crippen LogP contribution in [0.2, 0.25) is 0 Å². The van der Waals surface area contributed by atoms with Crippen LogP contribution in [0, 0.1) is 10.1 Å². The van der Waals surface area contributed by atoms with Crippen molar-refractivity contribution in [2.45, 2.75) is 97.9 Å². The molecule has 0 spiro atoms. The molecule has 282 valence electrons. The Morgan fingerprint density at radius 3 is 1.85 bits per heavy atom. The van der Waals surface area contributed by atoms with Crippen LogP contribution in [0.3, 0.4) is 0 Å². The van der Waals surface area contributed by atoms with E-state index >= 15 is 9.59 Å². The van der Waals surface area contributed by atoms with E-state index in [1.54, 1.807) is 52.0 Å². The molecule has 6 rings (SSSR count). The van der Waals surface area contributed by atoms with Gasteiger partial charge in [0.05, 0.1) is 21.2 Å². The maximum Gasteiger partial charge on any atom is 0.288 e. The van der Waals surface area contributed by atoms with Crippen molar-refractivity contribution in [1.82, 2.24) is 9.97 Å². The molecule has 2 fully saturated rings. The molecule has 2 unspecified atom stereocenters. The van der Waals surface area contributed by atoms with Crippen LogP contribution in [0.1, 0.15) is 81.8 Å². The Labute approximate surface area is 317 Å². The average Bonchev–Trinajstić information content (AvgIpc) is 3.96. The number of carbonyl (C=O) groups excluding carboxylic acids is 2. The van der Waals surface area contributed by atoms with Crippen LogP contribution in [-0.2, 0) is 34.7 Å². The third kappa shape index (κ3) is 8.07. The Kier molecular flexibility index (Phi) is 11.2. The Bertz CT molecular complexity index is 2180. The molecule has 2 aromatic carbocycles. The van der Waals surface area contributed by atoms with Crippen molar-refractivity contribution < 1.29 is 31.3 Å². The van der Waals surface area contributed by atoms with Gasteiger partial charge in [0, 0.05) is 53.8 Å².